The van der Waals surface area contributed by atoms with Crippen LogP contribution in [-0.4, -0.2) is 16.6 Å². The van der Waals surface area contributed by atoms with Crippen molar-refractivity contribution in [2.24, 2.45) is 0 Å². The maximum Gasteiger partial charge on any atom is 0.195 e. The van der Waals surface area contributed by atoms with Crippen molar-refractivity contribution in [3.8, 4) is 0 Å². The maximum atomic E-state index is 12.7. The molecule has 0 aliphatic heterocycles. The summed E-state index contributed by atoms with van der Waals surface area (Å²) in [6, 6.07) is 14.0. The van der Waals surface area contributed by atoms with Crippen LogP contribution in [0, 0.1) is 0 Å². The second kappa shape index (κ2) is 3.84. The van der Waals surface area contributed by atoms with Crippen molar-refractivity contribution in [3.05, 3.63) is 77.0 Å². The van der Waals surface area contributed by atoms with Crippen molar-refractivity contribution in [2.45, 2.75) is 0 Å². The van der Waals surface area contributed by atoms with Gasteiger partial charge in [-0.15, -0.1) is 0 Å². The molecule has 3 nitrogen and oxygen atoms in total. The van der Waals surface area contributed by atoms with E-state index in [0.29, 0.717) is 22.3 Å². The normalized spacial score (nSPS) is 13.2. The van der Waals surface area contributed by atoms with Gasteiger partial charge in [-0.1, -0.05) is 30.3 Å². The van der Waals surface area contributed by atoms with Gasteiger partial charge in [-0.3, -0.25) is 14.6 Å². The average molecular weight is 259 g/mol. The molecule has 0 atom stereocenters. The van der Waals surface area contributed by atoms with Crippen LogP contribution in [0.4, 0.5) is 0 Å². The topological polar surface area (TPSA) is 47.0 Å². The molecule has 0 bridgehead atoms. The number of carbonyl (C=O) groups excluding carboxylic acids is 2. The molecular weight excluding hydrogens is 250 g/mol. The lowest BCUT2D eigenvalue weighted by Gasteiger charge is -2.18. The highest BCUT2D eigenvalue weighted by atomic mass is 16.1. The number of rotatable bonds is 0. The Morgan fingerprint density at radius 3 is 2.25 bits per heavy atom. The van der Waals surface area contributed by atoms with Crippen LogP contribution in [0.2, 0.25) is 0 Å². The fraction of sp³-hybridized carbons (Fsp3) is 0. The maximum absolute atomic E-state index is 12.7. The monoisotopic (exact) mass is 259 g/mol. The highest BCUT2D eigenvalue weighted by Crippen LogP contribution is 2.31. The summed E-state index contributed by atoms with van der Waals surface area (Å²) in [6.07, 6.45) is 1.68. The number of hydrogen-bond donors (Lipinski definition) is 0. The lowest BCUT2D eigenvalue weighted by molar-refractivity contribution is 0.0980. The Kier molecular flexibility index (Phi) is 2.12. The number of ketones is 2. The summed E-state index contributed by atoms with van der Waals surface area (Å²) < 4.78 is 0. The van der Waals surface area contributed by atoms with E-state index in [-0.39, 0.29) is 11.6 Å². The van der Waals surface area contributed by atoms with Gasteiger partial charge in [0.1, 0.15) is 0 Å². The zero-order chi connectivity index (χ0) is 13.7. The minimum atomic E-state index is -0.103. The van der Waals surface area contributed by atoms with E-state index >= 15 is 0 Å². The van der Waals surface area contributed by atoms with Gasteiger partial charge < -0.3 is 0 Å². The van der Waals surface area contributed by atoms with E-state index in [0.717, 1.165) is 10.9 Å². The largest absolute Gasteiger partial charge is 0.289 e. The molecule has 0 radical (unpaired) electrons. The van der Waals surface area contributed by atoms with Crippen LogP contribution in [0.5, 0.6) is 0 Å². The summed E-state index contributed by atoms with van der Waals surface area (Å²) in [7, 11) is 0. The first-order chi connectivity index (χ1) is 9.77. The predicted molar refractivity (Wildman–Crippen MR) is 75.1 cm³/mol. The SMILES string of the molecule is O=C1c2ccccc2C(=O)c2c1ccc1ncccc21. The zero-order valence-corrected chi connectivity index (χ0v) is 10.5. The molecular formula is C17H9NO2. The van der Waals surface area contributed by atoms with Gasteiger partial charge in [0.2, 0.25) is 0 Å². The smallest absolute Gasteiger partial charge is 0.195 e. The number of benzene rings is 2. The lowest BCUT2D eigenvalue weighted by atomic mass is 9.82. The van der Waals surface area contributed by atoms with Crippen molar-refractivity contribution in [2.75, 3.05) is 0 Å². The van der Waals surface area contributed by atoms with Gasteiger partial charge in [-0.2, -0.15) is 0 Å². The molecule has 4 rings (SSSR count). The molecule has 1 aliphatic rings. The fourth-order valence-corrected chi connectivity index (χ4v) is 2.75. The van der Waals surface area contributed by atoms with Crippen molar-refractivity contribution < 1.29 is 9.59 Å². The van der Waals surface area contributed by atoms with E-state index in [1.54, 1.807) is 48.7 Å². The van der Waals surface area contributed by atoms with E-state index in [4.69, 9.17) is 0 Å². The van der Waals surface area contributed by atoms with E-state index in [1.165, 1.54) is 0 Å². The van der Waals surface area contributed by atoms with Crippen LogP contribution in [0.3, 0.4) is 0 Å². The Bertz CT molecular complexity index is 896. The third-order valence-electron chi connectivity index (χ3n) is 3.67. The Balaban J connectivity index is 2.14. The first-order valence-electron chi connectivity index (χ1n) is 6.33. The summed E-state index contributed by atoms with van der Waals surface area (Å²) >= 11 is 0. The summed E-state index contributed by atoms with van der Waals surface area (Å²) in [5.41, 5.74) is 2.62. The summed E-state index contributed by atoms with van der Waals surface area (Å²) in [5.74, 6) is -0.199. The second-order valence-electron chi connectivity index (χ2n) is 4.76. The third-order valence-corrected chi connectivity index (χ3v) is 3.67. The third kappa shape index (κ3) is 1.32. The number of carbonyl (C=O) groups is 2. The number of fused-ring (bicyclic) bond motifs is 4. The number of nitrogens with zero attached hydrogens (tertiary/aromatic N) is 1. The van der Waals surface area contributed by atoms with Crippen LogP contribution in [0.1, 0.15) is 31.8 Å². The fourth-order valence-electron chi connectivity index (χ4n) is 2.75. The molecule has 0 saturated heterocycles. The van der Waals surface area contributed by atoms with Gasteiger partial charge >= 0.3 is 0 Å². The molecule has 0 spiro atoms. The summed E-state index contributed by atoms with van der Waals surface area (Å²) in [4.78, 5) is 29.5. The Labute approximate surface area is 114 Å². The van der Waals surface area contributed by atoms with Crippen LogP contribution in [0.25, 0.3) is 10.9 Å². The number of aromatic nitrogens is 1. The Morgan fingerprint density at radius 2 is 1.45 bits per heavy atom. The number of hydrogen-bond acceptors (Lipinski definition) is 3. The van der Waals surface area contributed by atoms with Crippen molar-refractivity contribution in [3.63, 3.8) is 0 Å². The molecule has 1 heterocycles. The first-order valence-corrected chi connectivity index (χ1v) is 6.33. The molecule has 1 aromatic heterocycles. The zero-order valence-electron chi connectivity index (χ0n) is 10.5. The van der Waals surface area contributed by atoms with Gasteiger partial charge in [-0.05, 0) is 18.2 Å². The Morgan fingerprint density at radius 1 is 0.700 bits per heavy atom. The number of pyridine rings is 1. The molecule has 0 fully saturated rings. The molecule has 0 saturated carbocycles. The molecule has 0 N–H and O–H groups in total. The van der Waals surface area contributed by atoms with Gasteiger partial charge in [-0.25, -0.2) is 0 Å². The minimum Gasteiger partial charge on any atom is -0.289 e. The van der Waals surface area contributed by atoms with Gasteiger partial charge in [0.05, 0.1) is 5.52 Å². The second-order valence-corrected chi connectivity index (χ2v) is 4.76. The highest BCUT2D eigenvalue weighted by molar-refractivity contribution is 6.31. The quantitative estimate of drug-likeness (QED) is 0.487. The highest BCUT2D eigenvalue weighted by Gasteiger charge is 2.30. The molecule has 3 aromatic rings. The molecule has 94 valence electrons. The lowest BCUT2D eigenvalue weighted by Crippen LogP contribution is -2.21. The van der Waals surface area contributed by atoms with E-state index in [9.17, 15) is 9.59 Å². The van der Waals surface area contributed by atoms with Crippen LogP contribution in [0.15, 0.2) is 54.7 Å². The average Bonchev–Trinajstić information content (AvgIpc) is 2.51. The van der Waals surface area contributed by atoms with E-state index in [2.05, 4.69) is 4.98 Å². The van der Waals surface area contributed by atoms with Gasteiger partial charge in [0.15, 0.2) is 11.6 Å². The van der Waals surface area contributed by atoms with Gasteiger partial charge in [0, 0.05) is 33.8 Å². The molecule has 1 aliphatic carbocycles. The first kappa shape index (κ1) is 11.1. The molecule has 0 amide bonds. The molecule has 20 heavy (non-hydrogen) atoms. The standard InChI is InChI=1S/C17H9NO2/c19-16-10-4-1-2-5-11(10)17(20)15-12-6-3-9-18-14(12)8-7-13(15)16/h1-9H. The summed E-state index contributed by atoms with van der Waals surface area (Å²) in [5, 5.41) is 0.734. The minimum absolute atomic E-state index is 0.0963. The molecule has 0 unspecified atom stereocenters. The molecule has 2 aromatic carbocycles. The van der Waals surface area contributed by atoms with Crippen molar-refractivity contribution >= 4 is 22.5 Å². The van der Waals surface area contributed by atoms with E-state index in [1.807, 2.05) is 6.07 Å². The summed E-state index contributed by atoms with van der Waals surface area (Å²) in [6.45, 7) is 0. The van der Waals surface area contributed by atoms with Crippen molar-refractivity contribution in [1.82, 2.24) is 4.98 Å². The van der Waals surface area contributed by atoms with E-state index < -0.39 is 0 Å². The van der Waals surface area contributed by atoms with Crippen molar-refractivity contribution in [1.29, 1.82) is 0 Å². The van der Waals surface area contributed by atoms with Crippen LogP contribution >= 0.6 is 0 Å². The Hall–Kier alpha value is -2.81. The predicted octanol–water partition coefficient (Wildman–Crippen LogP) is 3.01. The van der Waals surface area contributed by atoms with Crippen LogP contribution in [-0.2, 0) is 0 Å². The van der Waals surface area contributed by atoms with Gasteiger partial charge in [0.25, 0.3) is 0 Å². The molecule has 3 heteroatoms. The van der Waals surface area contributed by atoms with Crippen LogP contribution < -0.4 is 0 Å².